The van der Waals surface area contributed by atoms with E-state index in [1.165, 1.54) is 5.56 Å². The van der Waals surface area contributed by atoms with Crippen molar-refractivity contribution in [1.82, 2.24) is 10.0 Å². The van der Waals surface area contributed by atoms with Crippen LogP contribution in [0.15, 0.2) is 23.1 Å². The second-order valence-corrected chi connectivity index (χ2v) is 6.91. The number of unbranched alkanes of at least 4 members (excludes halogenated alkanes) is 1. The largest absolute Gasteiger partial charge is 0.309 e. The van der Waals surface area contributed by atoms with Crippen LogP contribution >= 0.6 is 0 Å². The van der Waals surface area contributed by atoms with Gasteiger partial charge in [0, 0.05) is 19.1 Å². The van der Waals surface area contributed by atoms with E-state index in [2.05, 4.69) is 17.0 Å². The smallest absolute Gasteiger partial charge is 0.240 e. The van der Waals surface area contributed by atoms with Crippen LogP contribution in [0.4, 0.5) is 0 Å². The molecule has 106 valence electrons. The summed E-state index contributed by atoms with van der Waals surface area (Å²) < 4.78 is 27.3. The zero-order valence-corrected chi connectivity index (χ0v) is 12.4. The molecule has 0 radical (unpaired) electrons. The van der Waals surface area contributed by atoms with Gasteiger partial charge >= 0.3 is 0 Å². The predicted octanol–water partition coefficient (Wildman–Crippen LogP) is 2.15. The molecule has 1 aliphatic heterocycles. The normalized spacial score (nSPS) is 16.3. The molecule has 1 unspecified atom stereocenters. The van der Waals surface area contributed by atoms with Gasteiger partial charge in [-0.2, -0.15) is 0 Å². The van der Waals surface area contributed by atoms with Crippen LogP contribution in [0.1, 0.15) is 44.2 Å². The maximum absolute atomic E-state index is 12.3. The molecule has 1 aromatic rings. The van der Waals surface area contributed by atoms with Crippen molar-refractivity contribution in [3.8, 4) is 0 Å². The molecule has 1 atom stereocenters. The minimum absolute atomic E-state index is 0.0173. The zero-order valence-electron chi connectivity index (χ0n) is 11.6. The number of nitrogens with one attached hydrogen (secondary N) is 2. The number of rotatable bonds is 6. The van der Waals surface area contributed by atoms with Crippen molar-refractivity contribution in [1.29, 1.82) is 0 Å². The van der Waals surface area contributed by atoms with Crippen molar-refractivity contribution in [3.63, 3.8) is 0 Å². The second kappa shape index (κ2) is 6.03. The fourth-order valence-corrected chi connectivity index (χ4v) is 3.67. The SMILES string of the molecule is CCCCC(C)NS(=O)(=O)c1ccc2c(c1)CNC2. The molecule has 0 spiro atoms. The van der Waals surface area contributed by atoms with Gasteiger partial charge in [-0.3, -0.25) is 0 Å². The van der Waals surface area contributed by atoms with Crippen LogP contribution < -0.4 is 10.0 Å². The Balaban J connectivity index is 2.11. The van der Waals surface area contributed by atoms with Crippen LogP contribution in [0.2, 0.25) is 0 Å². The Morgan fingerprint density at radius 1 is 1.32 bits per heavy atom. The molecule has 1 aliphatic rings. The van der Waals surface area contributed by atoms with Gasteiger partial charge in [0.2, 0.25) is 10.0 Å². The first-order chi connectivity index (χ1) is 9.03. The van der Waals surface area contributed by atoms with Gasteiger partial charge in [-0.1, -0.05) is 25.8 Å². The average molecular weight is 282 g/mol. The van der Waals surface area contributed by atoms with Crippen molar-refractivity contribution >= 4 is 10.0 Å². The van der Waals surface area contributed by atoms with Crippen LogP contribution in [0, 0.1) is 0 Å². The highest BCUT2D eigenvalue weighted by Gasteiger charge is 2.19. The Bertz CT molecular complexity index is 540. The van der Waals surface area contributed by atoms with Gasteiger partial charge < -0.3 is 5.32 Å². The maximum atomic E-state index is 12.3. The minimum atomic E-state index is -3.39. The molecule has 2 rings (SSSR count). The van der Waals surface area contributed by atoms with Crippen LogP contribution in [0.3, 0.4) is 0 Å². The molecule has 19 heavy (non-hydrogen) atoms. The predicted molar refractivity (Wildman–Crippen MR) is 76.3 cm³/mol. The summed E-state index contributed by atoms with van der Waals surface area (Å²) >= 11 is 0. The van der Waals surface area contributed by atoms with Gasteiger partial charge in [0.25, 0.3) is 0 Å². The molecule has 0 aromatic heterocycles. The summed E-state index contributed by atoms with van der Waals surface area (Å²) in [5, 5.41) is 3.22. The van der Waals surface area contributed by atoms with E-state index in [0.29, 0.717) is 4.90 Å². The summed E-state index contributed by atoms with van der Waals surface area (Å²) in [6.45, 7) is 5.61. The van der Waals surface area contributed by atoms with Crippen LogP contribution in [0.25, 0.3) is 0 Å². The summed E-state index contributed by atoms with van der Waals surface area (Å²) in [5.74, 6) is 0. The van der Waals surface area contributed by atoms with Gasteiger partial charge in [0.05, 0.1) is 4.90 Å². The molecular weight excluding hydrogens is 260 g/mol. The zero-order chi connectivity index (χ0) is 13.9. The van der Waals surface area contributed by atoms with Gasteiger partial charge in [-0.25, -0.2) is 13.1 Å². The lowest BCUT2D eigenvalue weighted by Crippen LogP contribution is -2.32. The first kappa shape index (κ1) is 14.5. The molecule has 2 N–H and O–H groups in total. The molecule has 0 saturated heterocycles. The Morgan fingerprint density at radius 2 is 2.05 bits per heavy atom. The lowest BCUT2D eigenvalue weighted by atomic mass is 10.1. The van der Waals surface area contributed by atoms with Crippen molar-refractivity contribution in [2.45, 2.75) is 57.1 Å². The van der Waals surface area contributed by atoms with Crippen LogP contribution in [-0.4, -0.2) is 14.5 Å². The highest BCUT2D eigenvalue weighted by Crippen LogP contribution is 2.20. The van der Waals surface area contributed by atoms with Crippen molar-refractivity contribution in [2.75, 3.05) is 0 Å². The molecule has 0 aliphatic carbocycles. The lowest BCUT2D eigenvalue weighted by Gasteiger charge is -2.14. The third-order valence-corrected chi connectivity index (χ3v) is 5.05. The summed E-state index contributed by atoms with van der Waals surface area (Å²) in [5.41, 5.74) is 2.28. The van der Waals surface area contributed by atoms with Crippen LogP contribution in [-0.2, 0) is 23.1 Å². The van der Waals surface area contributed by atoms with E-state index in [1.54, 1.807) is 12.1 Å². The monoisotopic (exact) mass is 282 g/mol. The fraction of sp³-hybridized carbons (Fsp3) is 0.571. The lowest BCUT2D eigenvalue weighted by molar-refractivity contribution is 0.534. The highest BCUT2D eigenvalue weighted by molar-refractivity contribution is 7.89. The molecule has 0 saturated carbocycles. The minimum Gasteiger partial charge on any atom is -0.309 e. The van der Waals surface area contributed by atoms with Gasteiger partial charge in [-0.15, -0.1) is 0 Å². The van der Waals surface area contributed by atoms with Crippen LogP contribution in [0.5, 0.6) is 0 Å². The fourth-order valence-electron chi connectivity index (χ4n) is 2.34. The summed E-state index contributed by atoms with van der Waals surface area (Å²) in [6, 6.07) is 5.36. The van der Waals surface area contributed by atoms with Gasteiger partial charge in [-0.05, 0) is 36.6 Å². The van der Waals surface area contributed by atoms with Gasteiger partial charge in [0.1, 0.15) is 0 Å². The summed E-state index contributed by atoms with van der Waals surface area (Å²) in [7, 11) is -3.39. The molecule has 0 bridgehead atoms. The number of fused-ring (bicyclic) bond motifs is 1. The molecule has 4 nitrogen and oxygen atoms in total. The van der Waals surface area contributed by atoms with E-state index in [4.69, 9.17) is 0 Å². The number of sulfonamides is 1. The Morgan fingerprint density at radius 3 is 2.79 bits per heavy atom. The van der Waals surface area contributed by atoms with E-state index < -0.39 is 10.0 Å². The molecular formula is C14H22N2O2S. The topological polar surface area (TPSA) is 58.2 Å². The first-order valence-corrected chi connectivity index (χ1v) is 8.36. The number of hydrogen-bond acceptors (Lipinski definition) is 3. The highest BCUT2D eigenvalue weighted by atomic mass is 32.2. The summed E-state index contributed by atoms with van der Waals surface area (Å²) in [4.78, 5) is 0.373. The standard InChI is InChI=1S/C14H22N2O2S/c1-3-4-5-11(2)16-19(17,18)14-7-6-12-9-15-10-13(12)8-14/h6-8,11,15-16H,3-5,9-10H2,1-2H3. The number of hydrogen-bond donors (Lipinski definition) is 2. The van der Waals surface area contributed by atoms with E-state index in [1.807, 2.05) is 13.0 Å². The van der Waals surface area contributed by atoms with Crippen molar-refractivity contribution < 1.29 is 8.42 Å². The van der Waals surface area contributed by atoms with E-state index in [0.717, 1.165) is 37.9 Å². The molecule has 1 aromatic carbocycles. The molecule has 0 amide bonds. The van der Waals surface area contributed by atoms with E-state index >= 15 is 0 Å². The van der Waals surface area contributed by atoms with E-state index in [-0.39, 0.29) is 6.04 Å². The quantitative estimate of drug-likeness (QED) is 0.840. The number of benzene rings is 1. The average Bonchev–Trinajstić information content (AvgIpc) is 2.82. The first-order valence-electron chi connectivity index (χ1n) is 6.88. The Labute approximate surface area is 115 Å². The van der Waals surface area contributed by atoms with E-state index in [9.17, 15) is 8.42 Å². The Hall–Kier alpha value is -0.910. The molecule has 5 heteroatoms. The summed E-state index contributed by atoms with van der Waals surface area (Å²) in [6.07, 6.45) is 3.00. The third kappa shape index (κ3) is 3.55. The van der Waals surface area contributed by atoms with Gasteiger partial charge in [0.15, 0.2) is 0 Å². The maximum Gasteiger partial charge on any atom is 0.240 e. The Kier molecular flexibility index (Phi) is 4.60. The third-order valence-electron chi connectivity index (χ3n) is 3.47. The van der Waals surface area contributed by atoms with Crippen molar-refractivity contribution in [3.05, 3.63) is 29.3 Å². The van der Waals surface area contributed by atoms with Crippen molar-refractivity contribution in [2.24, 2.45) is 0 Å². The molecule has 1 heterocycles. The molecule has 0 fully saturated rings. The second-order valence-electron chi connectivity index (χ2n) is 5.20.